The molecule has 26 heavy (non-hydrogen) atoms. The van der Waals surface area contributed by atoms with E-state index in [9.17, 15) is 24.9 Å². The molecule has 0 spiro atoms. The predicted octanol–water partition coefficient (Wildman–Crippen LogP) is 4.08. The summed E-state index contributed by atoms with van der Waals surface area (Å²) in [5.74, 6) is -1.84. The van der Waals surface area contributed by atoms with Gasteiger partial charge >= 0.3 is 0 Å². The number of ketones is 1. The van der Waals surface area contributed by atoms with Crippen molar-refractivity contribution in [3.05, 3.63) is 52.1 Å². The fourth-order valence-electron chi connectivity index (χ4n) is 2.76. The summed E-state index contributed by atoms with van der Waals surface area (Å²) in [6, 6.07) is 3.92. The SMILES string of the molecule is Cc1cc(O)c(C(=O)c2c(C=O)c(O)cc3c2C=CC(I)(I)O3)c(O)c1. The molecule has 0 saturated carbocycles. The van der Waals surface area contributed by atoms with Gasteiger partial charge in [-0.2, -0.15) is 0 Å². The van der Waals surface area contributed by atoms with Crippen LogP contribution in [0, 0.1) is 6.92 Å². The number of ether oxygens (including phenoxy) is 1. The third-order valence-corrected chi connectivity index (χ3v) is 5.01. The van der Waals surface area contributed by atoms with Crippen molar-refractivity contribution < 1.29 is 29.6 Å². The van der Waals surface area contributed by atoms with Crippen LogP contribution in [0.25, 0.3) is 6.08 Å². The Morgan fingerprint density at radius 2 is 1.69 bits per heavy atom. The summed E-state index contributed by atoms with van der Waals surface area (Å²) < 4.78 is 5.02. The van der Waals surface area contributed by atoms with Crippen LogP contribution in [0.15, 0.2) is 24.3 Å². The summed E-state index contributed by atoms with van der Waals surface area (Å²) in [5, 5.41) is 30.5. The maximum Gasteiger partial charge on any atom is 0.227 e. The normalized spacial score (nSPS) is 14.4. The minimum Gasteiger partial charge on any atom is -0.507 e. The smallest absolute Gasteiger partial charge is 0.227 e. The van der Waals surface area contributed by atoms with Gasteiger partial charge in [0.2, 0.25) is 7.40 Å². The summed E-state index contributed by atoms with van der Waals surface area (Å²) >= 11 is 4.07. The lowest BCUT2D eigenvalue weighted by atomic mass is 9.90. The standard InChI is InChI=1S/C18H12I2O6/c1-8-4-12(23)16(13(24)5-8)17(25)15-9-2-3-18(19,20)26-14(9)6-11(22)10(15)7-21/h2-7,22-24H,1H3. The average molecular weight is 578 g/mol. The lowest BCUT2D eigenvalue weighted by Gasteiger charge is -2.26. The quantitative estimate of drug-likeness (QED) is 0.220. The van der Waals surface area contributed by atoms with Crippen molar-refractivity contribution in [1.82, 2.24) is 0 Å². The van der Waals surface area contributed by atoms with Crippen LogP contribution in [0.5, 0.6) is 23.0 Å². The number of carbonyl (C=O) groups is 2. The first kappa shape index (κ1) is 19.0. The second kappa shape index (κ2) is 6.72. The largest absolute Gasteiger partial charge is 0.507 e. The molecule has 3 rings (SSSR count). The van der Waals surface area contributed by atoms with E-state index in [0.717, 1.165) is 0 Å². The summed E-state index contributed by atoms with van der Waals surface area (Å²) in [7, 11) is 0. The van der Waals surface area contributed by atoms with E-state index in [-0.39, 0.29) is 22.4 Å². The van der Waals surface area contributed by atoms with Gasteiger partial charge in [-0.1, -0.05) is 0 Å². The van der Waals surface area contributed by atoms with Crippen LogP contribution in [0.1, 0.15) is 37.4 Å². The minimum absolute atomic E-state index is 0.149. The van der Waals surface area contributed by atoms with Gasteiger partial charge in [0.05, 0.1) is 5.56 Å². The molecule has 0 unspecified atom stereocenters. The molecule has 1 aliphatic rings. The molecule has 3 N–H and O–H groups in total. The first-order valence-electron chi connectivity index (χ1n) is 7.33. The van der Waals surface area contributed by atoms with E-state index in [1.54, 1.807) is 19.1 Å². The molecule has 6 nitrogen and oxygen atoms in total. The van der Waals surface area contributed by atoms with Gasteiger partial charge in [-0.25, -0.2) is 0 Å². The first-order valence-corrected chi connectivity index (χ1v) is 9.49. The van der Waals surface area contributed by atoms with Gasteiger partial charge in [0, 0.05) is 17.2 Å². The first-order chi connectivity index (χ1) is 12.1. The van der Waals surface area contributed by atoms with Crippen LogP contribution < -0.4 is 4.74 Å². The fourth-order valence-corrected chi connectivity index (χ4v) is 3.59. The topological polar surface area (TPSA) is 104 Å². The molecular weight excluding hydrogens is 566 g/mol. The van der Waals surface area contributed by atoms with Crippen LogP contribution in [0.2, 0.25) is 0 Å². The molecule has 0 fully saturated rings. The van der Waals surface area contributed by atoms with Crippen LogP contribution in [-0.4, -0.2) is 29.0 Å². The van der Waals surface area contributed by atoms with E-state index >= 15 is 0 Å². The number of halogens is 2. The van der Waals surface area contributed by atoms with E-state index in [1.165, 1.54) is 18.2 Å². The molecule has 1 aliphatic heterocycles. The van der Waals surface area contributed by atoms with E-state index in [0.29, 0.717) is 17.4 Å². The third kappa shape index (κ3) is 3.27. The van der Waals surface area contributed by atoms with Crippen molar-refractivity contribution in [3.8, 4) is 23.0 Å². The minimum atomic E-state index is -0.795. The summed E-state index contributed by atoms with van der Waals surface area (Å²) in [5.41, 5.74) is 0.117. The molecule has 0 bridgehead atoms. The number of aromatic hydroxyl groups is 3. The number of aldehydes is 1. The summed E-state index contributed by atoms with van der Waals surface area (Å²) in [4.78, 5) is 24.6. The number of phenols is 3. The number of rotatable bonds is 3. The van der Waals surface area contributed by atoms with Crippen molar-refractivity contribution in [1.29, 1.82) is 0 Å². The van der Waals surface area contributed by atoms with E-state index in [2.05, 4.69) is 0 Å². The number of benzene rings is 2. The molecule has 0 atom stereocenters. The number of alkyl halides is 2. The highest BCUT2D eigenvalue weighted by Gasteiger charge is 2.32. The summed E-state index contributed by atoms with van der Waals surface area (Å²) in [6.07, 6.45) is 3.66. The Morgan fingerprint density at radius 1 is 1.08 bits per heavy atom. The molecule has 2 aromatic rings. The Hall–Kier alpha value is -1.82. The van der Waals surface area contributed by atoms with Crippen LogP contribution in [0.3, 0.4) is 0 Å². The van der Waals surface area contributed by atoms with Gasteiger partial charge in [0.25, 0.3) is 0 Å². The molecule has 0 amide bonds. The predicted molar refractivity (Wildman–Crippen MR) is 112 cm³/mol. The molecular formula is C18H12I2O6. The van der Waals surface area contributed by atoms with Gasteiger partial charge in [-0.15, -0.1) is 0 Å². The molecule has 0 saturated heterocycles. The lowest BCUT2D eigenvalue weighted by molar-refractivity contribution is 0.102. The van der Waals surface area contributed by atoms with Crippen molar-refractivity contribution in [3.63, 3.8) is 0 Å². The number of phenolic OH excluding ortho intramolecular Hbond substituents is 3. The molecule has 1 heterocycles. The zero-order valence-corrected chi connectivity index (χ0v) is 17.6. The van der Waals surface area contributed by atoms with E-state index < -0.39 is 24.6 Å². The van der Waals surface area contributed by atoms with Crippen molar-refractivity contribution in [2.45, 2.75) is 8.54 Å². The maximum absolute atomic E-state index is 13.1. The van der Waals surface area contributed by atoms with Crippen LogP contribution >= 0.6 is 45.2 Å². The van der Waals surface area contributed by atoms with Crippen molar-refractivity contribution in [2.75, 3.05) is 0 Å². The van der Waals surface area contributed by atoms with E-state index in [1.807, 2.05) is 45.2 Å². The third-order valence-electron chi connectivity index (χ3n) is 3.85. The highest BCUT2D eigenvalue weighted by atomic mass is 127. The Balaban J connectivity index is 2.30. The molecule has 0 aromatic heterocycles. The van der Waals surface area contributed by atoms with Crippen LogP contribution in [-0.2, 0) is 0 Å². The highest BCUT2D eigenvalue weighted by Crippen LogP contribution is 2.45. The molecule has 8 heteroatoms. The Morgan fingerprint density at radius 3 is 2.27 bits per heavy atom. The Kier molecular flexibility index (Phi) is 4.90. The maximum atomic E-state index is 13.1. The molecule has 0 aliphatic carbocycles. The second-order valence-corrected chi connectivity index (χ2v) is 11.0. The van der Waals surface area contributed by atoms with Gasteiger partial charge < -0.3 is 20.1 Å². The second-order valence-electron chi connectivity index (χ2n) is 5.72. The average Bonchev–Trinajstić information content (AvgIpc) is 2.51. The fraction of sp³-hybridized carbons (Fsp3) is 0.111. The zero-order valence-electron chi connectivity index (χ0n) is 13.3. The molecule has 134 valence electrons. The van der Waals surface area contributed by atoms with Crippen molar-refractivity contribution in [2.24, 2.45) is 0 Å². The number of hydrogen-bond donors (Lipinski definition) is 3. The zero-order chi connectivity index (χ0) is 19.2. The Bertz CT molecular complexity index is 955. The number of carbonyl (C=O) groups excluding carboxylic acids is 2. The highest BCUT2D eigenvalue weighted by molar-refractivity contribution is 14.2. The number of aryl methyl sites for hydroxylation is 1. The monoisotopic (exact) mass is 578 g/mol. The van der Waals surface area contributed by atoms with Crippen LogP contribution in [0.4, 0.5) is 0 Å². The summed E-state index contributed by atoms with van der Waals surface area (Å²) in [6.45, 7) is 1.65. The molecule has 0 radical (unpaired) electrons. The van der Waals surface area contributed by atoms with E-state index in [4.69, 9.17) is 4.74 Å². The van der Waals surface area contributed by atoms with Gasteiger partial charge in [-0.05, 0) is 82.0 Å². The van der Waals surface area contributed by atoms with Crippen molar-refractivity contribution >= 4 is 63.3 Å². The van der Waals surface area contributed by atoms with Gasteiger partial charge in [0.15, 0.2) is 6.29 Å². The Labute approximate surface area is 175 Å². The lowest BCUT2D eigenvalue weighted by Crippen LogP contribution is -2.22. The van der Waals surface area contributed by atoms with Gasteiger partial charge in [-0.3, -0.25) is 9.59 Å². The molecule has 2 aromatic carbocycles. The van der Waals surface area contributed by atoms with Gasteiger partial charge in [0.1, 0.15) is 28.6 Å². The number of fused-ring (bicyclic) bond motifs is 1. The number of hydrogen-bond acceptors (Lipinski definition) is 6.